The zero-order valence-corrected chi connectivity index (χ0v) is 9.75. The molecule has 0 spiro atoms. The molecule has 0 aliphatic carbocycles. The van der Waals surface area contributed by atoms with Gasteiger partial charge in [-0.1, -0.05) is 0 Å². The van der Waals surface area contributed by atoms with E-state index in [0.717, 1.165) is 26.2 Å². The van der Waals surface area contributed by atoms with Gasteiger partial charge in [0.05, 0.1) is 6.61 Å². The largest absolute Gasteiger partial charge is 0.397 e. The second-order valence-electron chi connectivity index (χ2n) is 2.90. The Bertz CT molecular complexity index is 229. The number of hydrogen-bond acceptors (Lipinski definition) is 5. The molecule has 0 aromatic rings. The van der Waals surface area contributed by atoms with E-state index in [1.165, 1.54) is 0 Å². The third-order valence-corrected chi connectivity index (χ3v) is 2.04. The van der Waals surface area contributed by atoms with E-state index in [2.05, 4.69) is 9.50 Å². The molecule has 6 nitrogen and oxygen atoms in total. The lowest BCUT2D eigenvalue weighted by atomic mass is 10.4. The van der Waals surface area contributed by atoms with Gasteiger partial charge in [-0.15, -0.1) is 0 Å². The topological polar surface area (TPSA) is 84.9 Å². The molecule has 2 N–H and O–H groups in total. The van der Waals surface area contributed by atoms with Crippen molar-refractivity contribution < 1.29 is 21.9 Å². The van der Waals surface area contributed by atoms with E-state index in [4.69, 9.17) is 9.29 Å². The average molecular weight is 241 g/mol. The summed E-state index contributed by atoms with van der Waals surface area (Å²) >= 11 is 0. The van der Waals surface area contributed by atoms with Gasteiger partial charge in [0.25, 0.3) is 0 Å². The molecule has 0 saturated carbocycles. The van der Waals surface area contributed by atoms with Crippen molar-refractivity contribution in [3.8, 4) is 0 Å². The summed E-state index contributed by atoms with van der Waals surface area (Å²) in [4.78, 5) is 0. The summed E-state index contributed by atoms with van der Waals surface area (Å²) in [6, 6.07) is 0. The fraction of sp³-hybridized carbons (Fsp3) is 1.00. The minimum Gasteiger partial charge on any atom is -0.382 e. The molecule has 0 aromatic heterocycles. The normalized spacial score (nSPS) is 11.9. The molecule has 0 aliphatic rings. The van der Waals surface area contributed by atoms with Crippen molar-refractivity contribution in [1.29, 1.82) is 0 Å². The first kappa shape index (κ1) is 14.8. The van der Waals surface area contributed by atoms with Gasteiger partial charge in [-0.2, -0.15) is 8.42 Å². The molecule has 92 valence electrons. The lowest BCUT2D eigenvalue weighted by Gasteiger charge is -2.04. The van der Waals surface area contributed by atoms with Crippen LogP contribution >= 0.6 is 0 Å². The van der Waals surface area contributed by atoms with E-state index in [9.17, 15) is 8.42 Å². The van der Waals surface area contributed by atoms with Gasteiger partial charge in [-0.05, 0) is 32.9 Å². The van der Waals surface area contributed by atoms with E-state index >= 15 is 0 Å². The molecule has 0 bridgehead atoms. The number of hydrogen-bond donors (Lipinski definition) is 2. The van der Waals surface area contributed by atoms with Gasteiger partial charge in [-0.25, -0.2) is 4.18 Å². The number of ether oxygens (including phenoxy) is 1. The van der Waals surface area contributed by atoms with E-state index in [0.29, 0.717) is 13.0 Å². The fourth-order valence-corrected chi connectivity index (χ4v) is 1.26. The predicted molar refractivity (Wildman–Crippen MR) is 56.1 cm³/mol. The van der Waals surface area contributed by atoms with Crippen molar-refractivity contribution in [2.45, 2.75) is 19.8 Å². The molecule has 0 radical (unpaired) electrons. The maximum absolute atomic E-state index is 10.1. The Morgan fingerprint density at radius 2 is 1.80 bits per heavy atom. The van der Waals surface area contributed by atoms with Gasteiger partial charge in [-0.3, -0.25) is 4.55 Å². The highest BCUT2D eigenvalue weighted by Gasteiger charge is 2.02. The lowest BCUT2D eigenvalue weighted by molar-refractivity contribution is 0.144. The second-order valence-corrected chi connectivity index (χ2v) is 3.99. The maximum atomic E-state index is 10.1. The SMILES string of the molecule is CCOCCCNCCCOS(=O)(=O)O. The molecule has 0 fully saturated rings. The smallest absolute Gasteiger partial charge is 0.382 e. The molecular formula is C8H19NO5S. The van der Waals surface area contributed by atoms with Crippen LogP contribution in [-0.2, 0) is 19.3 Å². The van der Waals surface area contributed by atoms with Crippen LogP contribution in [0.25, 0.3) is 0 Å². The molecule has 7 heteroatoms. The van der Waals surface area contributed by atoms with Crippen molar-refractivity contribution in [3.05, 3.63) is 0 Å². The first-order chi connectivity index (χ1) is 7.06. The van der Waals surface area contributed by atoms with Crippen molar-refractivity contribution in [1.82, 2.24) is 5.32 Å². The molecule has 0 saturated heterocycles. The van der Waals surface area contributed by atoms with Crippen LogP contribution in [0.3, 0.4) is 0 Å². The Hall–Kier alpha value is -0.210. The Morgan fingerprint density at radius 1 is 1.20 bits per heavy atom. The standard InChI is InChI=1S/C8H19NO5S/c1-2-13-7-3-5-9-6-4-8-14-15(10,11)12/h9H,2-8H2,1H3,(H,10,11,12). The molecule has 0 heterocycles. The summed E-state index contributed by atoms with van der Waals surface area (Å²) in [6.45, 7) is 4.87. The summed E-state index contributed by atoms with van der Waals surface area (Å²) in [5, 5.41) is 3.09. The number of rotatable bonds is 10. The monoisotopic (exact) mass is 241 g/mol. The molecule has 0 amide bonds. The molecule has 0 rings (SSSR count). The first-order valence-electron chi connectivity index (χ1n) is 4.96. The van der Waals surface area contributed by atoms with E-state index in [1.807, 2.05) is 6.92 Å². The minimum atomic E-state index is -4.28. The van der Waals surface area contributed by atoms with Gasteiger partial charge in [0.15, 0.2) is 0 Å². The second kappa shape index (κ2) is 9.05. The van der Waals surface area contributed by atoms with E-state index in [1.54, 1.807) is 0 Å². The maximum Gasteiger partial charge on any atom is 0.397 e. The Kier molecular flexibility index (Phi) is 8.92. The Morgan fingerprint density at radius 3 is 2.33 bits per heavy atom. The minimum absolute atomic E-state index is 0.00269. The average Bonchev–Trinajstić information content (AvgIpc) is 2.14. The summed E-state index contributed by atoms with van der Waals surface area (Å²) in [7, 11) is -4.28. The van der Waals surface area contributed by atoms with Crippen LogP contribution in [0.4, 0.5) is 0 Å². The molecule has 0 aromatic carbocycles. The molecule has 0 aliphatic heterocycles. The van der Waals surface area contributed by atoms with Gasteiger partial charge < -0.3 is 10.1 Å². The first-order valence-corrected chi connectivity index (χ1v) is 6.33. The van der Waals surface area contributed by atoms with Gasteiger partial charge >= 0.3 is 10.4 Å². The fourth-order valence-electron chi connectivity index (χ4n) is 0.930. The highest BCUT2D eigenvalue weighted by Crippen LogP contribution is 1.88. The van der Waals surface area contributed by atoms with Crippen molar-refractivity contribution in [3.63, 3.8) is 0 Å². The molecule has 0 unspecified atom stereocenters. The molecular weight excluding hydrogens is 222 g/mol. The van der Waals surface area contributed by atoms with Crippen LogP contribution < -0.4 is 5.32 Å². The highest BCUT2D eigenvalue weighted by atomic mass is 32.3. The van der Waals surface area contributed by atoms with Crippen LogP contribution in [0.5, 0.6) is 0 Å². The lowest BCUT2D eigenvalue weighted by Crippen LogP contribution is -2.20. The Balaban J connectivity index is 3.06. The molecule has 0 atom stereocenters. The van der Waals surface area contributed by atoms with Crippen LogP contribution in [0, 0.1) is 0 Å². The zero-order chi connectivity index (χ0) is 11.6. The summed E-state index contributed by atoms with van der Waals surface area (Å²) in [5.41, 5.74) is 0. The highest BCUT2D eigenvalue weighted by molar-refractivity contribution is 7.80. The van der Waals surface area contributed by atoms with Crippen molar-refractivity contribution in [2.24, 2.45) is 0 Å². The third-order valence-electron chi connectivity index (χ3n) is 1.58. The third kappa shape index (κ3) is 13.8. The van der Waals surface area contributed by atoms with Crippen molar-refractivity contribution in [2.75, 3.05) is 32.9 Å². The van der Waals surface area contributed by atoms with E-state index in [-0.39, 0.29) is 6.61 Å². The van der Waals surface area contributed by atoms with Crippen LogP contribution in [0.2, 0.25) is 0 Å². The van der Waals surface area contributed by atoms with Crippen LogP contribution in [0.1, 0.15) is 19.8 Å². The van der Waals surface area contributed by atoms with Crippen molar-refractivity contribution >= 4 is 10.4 Å². The summed E-state index contributed by atoms with van der Waals surface area (Å²) in [6.07, 6.45) is 1.46. The molecule has 15 heavy (non-hydrogen) atoms. The quantitative estimate of drug-likeness (QED) is 0.420. The predicted octanol–water partition coefficient (Wildman–Crippen LogP) is 0.212. The van der Waals surface area contributed by atoms with Gasteiger partial charge in [0, 0.05) is 13.2 Å². The summed E-state index contributed by atoms with van der Waals surface area (Å²) < 4.78 is 37.8. The summed E-state index contributed by atoms with van der Waals surface area (Å²) in [5.74, 6) is 0. The zero-order valence-electron chi connectivity index (χ0n) is 8.94. The van der Waals surface area contributed by atoms with E-state index < -0.39 is 10.4 Å². The van der Waals surface area contributed by atoms with Crippen LogP contribution in [-0.4, -0.2) is 45.9 Å². The Labute approximate surface area is 90.9 Å². The van der Waals surface area contributed by atoms with Gasteiger partial charge in [0.1, 0.15) is 0 Å². The van der Waals surface area contributed by atoms with Gasteiger partial charge in [0.2, 0.25) is 0 Å². The van der Waals surface area contributed by atoms with Crippen LogP contribution in [0.15, 0.2) is 0 Å². The number of nitrogens with one attached hydrogen (secondary N) is 1.